The minimum atomic E-state index is -0.508. The molecular weight excluding hydrogens is 225 g/mol. The van der Waals surface area contributed by atoms with Gasteiger partial charge in [-0.3, -0.25) is 4.39 Å². The van der Waals surface area contributed by atoms with Crippen LogP contribution in [0.2, 0.25) is 0 Å². The van der Waals surface area contributed by atoms with Crippen molar-refractivity contribution in [2.45, 2.75) is 38.0 Å². The van der Waals surface area contributed by atoms with E-state index in [0.717, 1.165) is 37.3 Å². The molecule has 0 heterocycles. The lowest BCUT2D eigenvalue weighted by molar-refractivity contribution is 0.283. The molecule has 2 rings (SSSR count). The molecule has 1 saturated carbocycles. The summed E-state index contributed by atoms with van der Waals surface area (Å²) >= 11 is 0. The van der Waals surface area contributed by atoms with Crippen LogP contribution in [0.25, 0.3) is 0 Å². The van der Waals surface area contributed by atoms with Crippen molar-refractivity contribution < 1.29 is 13.2 Å². The molecule has 1 fully saturated rings. The highest BCUT2D eigenvalue weighted by atomic mass is 19.1. The summed E-state index contributed by atoms with van der Waals surface area (Å²) in [5.41, 5.74) is 0.751. The monoisotopic (exact) mass is 242 g/mol. The number of rotatable bonds is 3. The topological polar surface area (TPSA) is 0 Å². The van der Waals surface area contributed by atoms with Crippen LogP contribution < -0.4 is 0 Å². The number of benzene rings is 1. The van der Waals surface area contributed by atoms with Crippen molar-refractivity contribution in [2.24, 2.45) is 5.92 Å². The Morgan fingerprint density at radius 3 is 2.06 bits per heavy atom. The smallest absolute Gasteiger partial charge is 0.126 e. The van der Waals surface area contributed by atoms with Crippen molar-refractivity contribution in [1.82, 2.24) is 0 Å². The van der Waals surface area contributed by atoms with Crippen LogP contribution in [-0.2, 0) is 0 Å². The standard InChI is InChI=1S/C14H17F3/c15-6-5-10-1-3-11(4-2-10)12-7-13(16)9-14(17)8-12/h7-11H,1-6H2. The fourth-order valence-corrected chi connectivity index (χ4v) is 2.75. The highest BCUT2D eigenvalue weighted by molar-refractivity contribution is 5.22. The lowest BCUT2D eigenvalue weighted by Crippen LogP contribution is -2.14. The first-order valence-electron chi connectivity index (χ1n) is 6.21. The third kappa shape index (κ3) is 3.24. The Morgan fingerprint density at radius 2 is 1.53 bits per heavy atom. The van der Waals surface area contributed by atoms with Gasteiger partial charge in [-0.15, -0.1) is 0 Å². The summed E-state index contributed by atoms with van der Waals surface area (Å²) in [6, 6.07) is 3.74. The predicted octanol–water partition coefficient (Wildman–Crippen LogP) is 4.60. The maximum absolute atomic E-state index is 13.1. The molecule has 1 aromatic carbocycles. The number of alkyl halides is 1. The van der Waals surface area contributed by atoms with Crippen molar-refractivity contribution >= 4 is 0 Å². The molecule has 17 heavy (non-hydrogen) atoms. The molecule has 0 N–H and O–H groups in total. The third-order valence-electron chi connectivity index (χ3n) is 3.72. The van der Waals surface area contributed by atoms with Crippen molar-refractivity contribution in [3.63, 3.8) is 0 Å². The molecule has 1 aliphatic carbocycles. The van der Waals surface area contributed by atoms with Crippen molar-refractivity contribution in [1.29, 1.82) is 0 Å². The summed E-state index contributed by atoms with van der Waals surface area (Å²) in [6.45, 7) is -0.260. The van der Waals surface area contributed by atoms with E-state index >= 15 is 0 Å². The number of hydrogen-bond acceptors (Lipinski definition) is 0. The van der Waals surface area contributed by atoms with Gasteiger partial charge in [0.05, 0.1) is 6.67 Å². The summed E-state index contributed by atoms with van der Waals surface area (Å²) in [6.07, 6.45) is 4.38. The first-order valence-corrected chi connectivity index (χ1v) is 6.21. The summed E-state index contributed by atoms with van der Waals surface area (Å²) in [5, 5.41) is 0. The van der Waals surface area contributed by atoms with Gasteiger partial charge in [-0.1, -0.05) is 0 Å². The summed E-state index contributed by atoms with van der Waals surface area (Å²) in [4.78, 5) is 0. The van der Waals surface area contributed by atoms with Gasteiger partial charge in [0.2, 0.25) is 0 Å². The zero-order valence-electron chi connectivity index (χ0n) is 9.76. The summed E-state index contributed by atoms with van der Waals surface area (Å²) < 4.78 is 38.4. The van der Waals surface area contributed by atoms with E-state index in [2.05, 4.69) is 0 Å². The molecule has 0 bridgehead atoms. The lowest BCUT2D eigenvalue weighted by atomic mass is 9.78. The number of halogens is 3. The molecule has 0 amide bonds. The maximum atomic E-state index is 13.1. The Labute approximate surface area is 99.8 Å². The second kappa shape index (κ2) is 5.56. The average molecular weight is 242 g/mol. The molecule has 0 radical (unpaired) electrons. The van der Waals surface area contributed by atoms with Gasteiger partial charge in [0, 0.05) is 6.07 Å². The first-order chi connectivity index (χ1) is 8.19. The Kier molecular flexibility index (Phi) is 4.08. The fraction of sp³-hybridized carbons (Fsp3) is 0.571. The van der Waals surface area contributed by atoms with E-state index in [1.54, 1.807) is 0 Å². The highest BCUT2D eigenvalue weighted by Crippen LogP contribution is 2.37. The van der Waals surface area contributed by atoms with E-state index in [-0.39, 0.29) is 12.6 Å². The number of hydrogen-bond donors (Lipinski definition) is 0. The molecule has 1 aromatic rings. The molecule has 0 aliphatic heterocycles. The fourth-order valence-electron chi connectivity index (χ4n) is 2.75. The second-order valence-corrected chi connectivity index (χ2v) is 4.90. The Hall–Kier alpha value is -0.990. The van der Waals surface area contributed by atoms with E-state index in [1.165, 1.54) is 12.1 Å². The minimum absolute atomic E-state index is 0.232. The molecule has 1 aliphatic rings. The van der Waals surface area contributed by atoms with E-state index in [0.29, 0.717) is 12.3 Å². The van der Waals surface area contributed by atoms with Crippen LogP contribution in [0.5, 0.6) is 0 Å². The van der Waals surface area contributed by atoms with E-state index in [1.807, 2.05) is 0 Å². The third-order valence-corrected chi connectivity index (χ3v) is 3.72. The summed E-state index contributed by atoms with van der Waals surface area (Å²) in [5.74, 6) is -0.331. The van der Waals surface area contributed by atoms with Crippen molar-refractivity contribution in [3.05, 3.63) is 35.4 Å². The van der Waals surface area contributed by atoms with Crippen LogP contribution in [0, 0.1) is 17.6 Å². The van der Waals surface area contributed by atoms with E-state index in [4.69, 9.17) is 0 Å². The molecular formula is C14H17F3. The molecule has 0 atom stereocenters. The van der Waals surface area contributed by atoms with Crippen LogP contribution in [0.3, 0.4) is 0 Å². The second-order valence-electron chi connectivity index (χ2n) is 4.90. The van der Waals surface area contributed by atoms with Crippen LogP contribution >= 0.6 is 0 Å². The highest BCUT2D eigenvalue weighted by Gasteiger charge is 2.22. The Balaban J connectivity index is 2.00. The van der Waals surface area contributed by atoms with Gasteiger partial charge in [-0.2, -0.15) is 0 Å². The van der Waals surface area contributed by atoms with Gasteiger partial charge in [0.1, 0.15) is 11.6 Å². The van der Waals surface area contributed by atoms with Gasteiger partial charge in [-0.05, 0) is 61.6 Å². The molecule has 0 unspecified atom stereocenters. The molecule has 0 aromatic heterocycles. The summed E-state index contributed by atoms with van der Waals surface area (Å²) in [7, 11) is 0. The SMILES string of the molecule is FCCC1CCC(c2cc(F)cc(F)c2)CC1. The average Bonchev–Trinajstić information content (AvgIpc) is 2.29. The van der Waals surface area contributed by atoms with Gasteiger partial charge in [-0.25, -0.2) is 8.78 Å². The van der Waals surface area contributed by atoms with Gasteiger partial charge >= 0.3 is 0 Å². The van der Waals surface area contributed by atoms with E-state index in [9.17, 15) is 13.2 Å². The molecule has 0 spiro atoms. The lowest BCUT2D eigenvalue weighted by Gasteiger charge is -2.28. The van der Waals surface area contributed by atoms with Gasteiger partial charge in [0.25, 0.3) is 0 Å². The minimum Gasteiger partial charge on any atom is -0.251 e. The zero-order chi connectivity index (χ0) is 12.3. The Bertz CT molecular complexity index is 347. The molecule has 94 valence electrons. The normalized spacial score (nSPS) is 24.9. The first kappa shape index (κ1) is 12.5. The molecule has 0 nitrogen and oxygen atoms in total. The van der Waals surface area contributed by atoms with Crippen LogP contribution in [-0.4, -0.2) is 6.67 Å². The largest absolute Gasteiger partial charge is 0.251 e. The van der Waals surface area contributed by atoms with Crippen LogP contribution in [0.1, 0.15) is 43.6 Å². The predicted molar refractivity (Wildman–Crippen MR) is 61.6 cm³/mol. The molecule has 0 saturated heterocycles. The van der Waals surface area contributed by atoms with Gasteiger partial charge in [0.15, 0.2) is 0 Å². The maximum Gasteiger partial charge on any atom is 0.126 e. The Morgan fingerprint density at radius 1 is 0.941 bits per heavy atom. The quantitative estimate of drug-likeness (QED) is 0.726. The van der Waals surface area contributed by atoms with Crippen molar-refractivity contribution in [2.75, 3.05) is 6.67 Å². The van der Waals surface area contributed by atoms with Crippen molar-refractivity contribution in [3.8, 4) is 0 Å². The van der Waals surface area contributed by atoms with Gasteiger partial charge < -0.3 is 0 Å². The van der Waals surface area contributed by atoms with E-state index < -0.39 is 11.6 Å². The van der Waals surface area contributed by atoms with Crippen LogP contribution in [0.4, 0.5) is 13.2 Å². The van der Waals surface area contributed by atoms with Crippen LogP contribution in [0.15, 0.2) is 18.2 Å². The molecule has 3 heteroatoms. The zero-order valence-corrected chi connectivity index (χ0v) is 9.76.